The Labute approximate surface area is 108 Å². The van der Waals surface area contributed by atoms with Crippen molar-refractivity contribution in [2.45, 2.75) is 32.4 Å². The van der Waals surface area contributed by atoms with Crippen molar-refractivity contribution in [2.24, 2.45) is 0 Å². The summed E-state index contributed by atoms with van der Waals surface area (Å²) in [6.45, 7) is 4.84. The van der Waals surface area contributed by atoms with Gasteiger partial charge in [-0.25, -0.2) is 0 Å². The first-order chi connectivity index (χ1) is 8.66. The number of nitrogens with one attached hydrogen (secondary N) is 1. The summed E-state index contributed by atoms with van der Waals surface area (Å²) in [7, 11) is 0. The van der Waals surface area contributed by atoms with Crippen molar-refractivity contribution in [2.75, 3.05) is 18.4 Å². The molecule has 0 aromatic heterocycles. The molecule has 0 bridgehead atoms. The number of carbonyl (C=O) groups is 1. The Morgan fingerprint density at radius 1 is 1.39 bits per heavy atom. The zero-order chi connectivity index (χ0) is 13.0. The van der Waals surface area contributed by atoms with Crippen LogP contribution >= 0.6 is 0 Å². The summed E-state index contributed by atoms with van der Waals surface area (Å²) in [6, 6.07) is 7.39. The maximum absolute atomic E-state index is 10.9. The minimum Gasteiger partial charge on any atom is -0.480 e. The highest BCUT2D eigenvalue weighted by molar-refractivity contribution is 5.77. The van der Waals surface area contributed by atoms with Gasteiger partial charge in [0.05, 0.1) is 0 Å². The molecule has 18 heavy (non-hydrogen) atoms. The molecule has 2 rings (SSSR count). The minimum absolute atomic E-state index is 0.565. The van der Waals surface area contributed by atoms with Crippen molar-refractivity contribution in [3.8, 4) is 0 Å². The number of rotatable bonds is 5. The number of likely N-dealkylation sites (tertiary alicyclic amines) is 1. The fraction of sp³-hybridized carbons (Fsp3) is 0.500. The Hall–Kier alpha value is -1.55. The van der Waals surface area contributed by atoms with Crippen LogP contribution < -0.4 is 5.32 Å². The summed E-state index contributed by atoms with van der Waals surface area (Å²) in [6.07, 6.45) is 2.53. The van der Waals surface area contributed by atoms with Crippen LogP contribution in [0.1, 0.15) is 25.3 Å². The van der Waals surface area contributed by atoms with E-state index in [0.717, 1.165) is 25.3 Å². The van der Waals surface area contributed by atoms with E-state index in [-0.39, 0.29) is 0 Å². The van der Waals surface area contributed by atoms with Gasteiger partial charge in [0, 0.05) is 12.2 Å². The van der Waals surface area contributed by atoms with Crippen LogP contribution in [0.5, 0.6) is 0 Å². The molecule has 4 nitrogen and oxygen atoms in total. The van der Waals surface area contributed by atoms with E-state index in [1.54, 1.807) is 6.92 Å². The monoisotopic (exact) mass is 248 g/mol. The Bertz CT molecular complexity index is 414. The van der Waals surface area contributed by atoms with Gasteiger partial charge in [0.15, 0.2) is 0 Å². The standard InChI is InChI=1S/C14H20N2O2/c1-11(14(17)18)15-13-7-3-2-6-12(13)10-16-8-4-5-9-16/h2-3,6-7,11,15H,4-5,8-10H2,1H3,(H,17,18). The lowest BCUT2D eigenvalue weighted by Crippen LogP contribution is -2.27. The van der Waals surface area contributed by atoms with Gasteiger partial charge in [0.1, 0.15) is 6.04 Å². The highest BCUT2D eigenvalue weighted by Gasteiger charge is 2.16. The zero-order valence-electron chi connectivity index (χ0n) is 10.7. The Balaban J connectivity index is 2.06. The Kier molecular flexibility index (Phi) is 4.20. The molecule has 1 aliphatic heterocycles. The van der Waals surface area contributed by atoms with Crippen molar-refractivity contribution in [3.05, 3.63) is 29.8 Å². The van der Waals surface area contributed by atoms with Gasteiger partial charge < -0.3 is 10.4 Å². The maximum Gasteiger partial charge on any atom is 0.325 e. The van der Waals surface area contributed by atoms with Gasteiger partial charge in [-0.2, -0.15) is 0 Å². The molecule has 0 radical (unpaired) electrons. The minimum atomic E-state index is -0.828. The van der Waals surface area contributed by atoms with E-state index in [1.165, 1.54) is 18.4 Å². The first-order valence-corrected chi connectivity index (χ1v) is 6.46. The fourth-order valence-electron chi connectivity index (χ4n) is 2.28. The molecular formula is C14H20N2O2. The smallest absolute Gasteiger partial charge is 0.325 e. The van der Waals surface area contributed by atoms with Crippen LogP contribution in [0, 0.1) is 0 Å². The van der Waals surface area contributed by atoms with Crippen molar-refractivity contribution < 1.29 is 9.90 Å². The van der Waals surface area contributed by atoms with Gasteiger partial charge in [-0.05, 0) is 44.5 Å². The molecule has 1 unspecified atom stereocenters. The fourth-order valence-corrected chi connectivity index (χ4v) is 2.28. The lowest BCUT2D eigenvalue weighted by Gasteiger charge is -2.19. The normalized spacial score (nSPS) is 17.6. The van der Waals surface area contributed by atoms with Crippen LogP contribution in [-0.2, 0) is 11.3 Å². The van der Waals surface area contributed by atoms with Crippen molar-refractivity contribution in [1.29, 1.82) is 0 Å². The predicted octanol–water partition coefficient (Wildman–Crippen LogP) is 2.17. The average Bonchev–Trinajstić information content (AvgIpc) is 2.84. The average molecular weight is 248 g/mol. The summed E-state index contributed by atoms with van der Waals surface area (Å²) >= 11 is 0. The van der Waals surface area contributed by atoms with Gasteiger partial charge in [-0.15, -0.1) is 0 Å². The number of anilines is 1. The zero-order valence-corrected chi connectivity index (χ0v) is 10.7. The topological polar surface area (TPSA) is 52.6 Å². The van der Waals surface area contributed by atoms with E-state index in [2.05, 4.69) is 16.3 Å². The quantitative estimate of drug-likeness (QED) is 0.838. The number of para-hydroxylation sites is 1. The molecule has 1 heterocycles. The third-order valence-corrected chi connectivity index (χ3v) is 3.35. The van der Waals surface area contributed by atoms with Crippen LogP contribution in [0.3, 0.4) is 0 Å². The molecule has 1 atom stereocenters. The van der Waals surface area contributed by atoms with Crippen molar-refractivity contribution in [1.82, 2.24) is 4.90 Å². The Morgan fingerprint density at radius 3 is 2.72 bits per heavy atom. The first-order valence-electron chi connectivity index (χ1n) is 6.46. The second-order valence-corrected chi connectivity index (χ2v) is 4.84. The summed E-state index contributed by atoms with van der Waals surface area (Å²) in [5, 5.41) is 12.0. The second kappa shape index (κ2) is 5.87. The lowest BCUT2D eigenvalue weighted by molar-refractivity contribution is -0.137. The molecule has 1 aliphatic rings. The highest BCUT2D eigenvalue weighted by atomic mass is 16.4. The lowest BCUT2D eigenvalue weighted by atomic mass is 10.1. The maximum atomic E-state index is 10.9. The molecule has 1 fully saturated rings. The summed E-state index contributed by atoms with van der Waals surface area (Å²) in [4.78, 5) is 13.3. The third-order valence-electron chi connectivity index (χ3n) is 3.35. The number of hydrogen-bond acceptors (Lipinski definition) is 3. The van der Waals surface area contributed by atoms with Gasteiger partial charge >= 0.3 is 5.97 Å². The van der Waals surface area contributed by atoms with Gasteiger partial charge in [-0.3, -0.25) is 9.69 Å². The van der Waals surface area contributed by atoms with E-state index >= 15 is 0 Å². The van der Waals surface area contributed by atoms with Crippen molar-refractivity contribution >= 4 is 11.7 Å². The first kappa shape index (κ1) is 12.9. The van der Waals surface area contributed by atoms with Gasteiger partial charge in [0.25, 0.3) is 0 Å². The van der Waals surface area contributed by atoms with Crippen LogP contribution in [0.2, 0.25) is 0 Å². The summed E-state index contributed by atoms with van der Waals surface area (Å²) in [5.41, 5.74) is 2.10. The third kappa shape index (κ3) is 3.23. The number of benzene rings is 1. The van der Waals surface area contributed by atoms with Gasteiger partial charge in [-0.1, -0.05) is 18.2 Å². The molecule has 1 saturated heterocycles. The molecule has 0 aliphatic carbocycles. The van der Waals surface area contributed by atoms with E-state index in [9.17, 15) is 4.79 Å². The van der Waals surface area contributed by atoms with Crippen LogP contribution in [-0.4, -0.2) is 35.1 Å². The predicted molar refractivity (Wildman–Crippen MR) is 71.7 cm³/mol. The van der Waals surface area contributed by atoms with E-state index < -0.39 is 12.0 Å². The largest absolute Gasteiger partial charge is 0.480 e. The van der Waals surface area contributed by atoms with Crippen LogP contribution in [0.4, 0.5) is 5.69 Å². The molecule has 2 N–H and O–H groups in total. The van der Waals surface area contributed by atoms with E-state index in [4.69, 9.17) is 5.11 Å². The number of aliphatic carboxylic acids is 1. The van der Waals surface area contributed by atoms with E-state index in [1.807, 2.05) is 18.2 Å². The molecular weight excluding hydrogens is 228 g/mol. The summed E-state index contributed by atoms with van der Waals surface area (Å²) in [5.74, 6) is -0.828. The molecule has 98 valence electrons. The summed E-state index contributed by atoms with van der Waals surface area (Å²) < 4.78 is 0. The number of carboxylic acid groups (broad SMARTS) is 1. The number of hydrogen-bond donors (Lipinski definition) is 2. The highest BCUT2D eigenvalue weighted by Crippen LogP contribution is 2.20. The SMILES string of the molecule is CC(Nc1ccccc1CN1CCCC1)C(=O)O. The number of carboxylic acids is 1. The molecule has 0 spiro atoms. The molecule has 0 amide bonds. The molecule has 1 aromatic rings. The van der Waals surface area contributed by atoms with Crippen molar-refractivity contribution in [3.63, 3.8) is 0 Å². The number of nitrogens with zero attached hydrogens (tertiary/aromatic N) is 1. The van der Waals surface area contributed by atoms with Gasteiger partial charge in [0.2, 0.25) is 0 Å². The van der Waals surface area contributed by atoms with Crippen LogP contribution in [0.25, 0.3) is 0 Å². The molecule has 1 aromatic carbocycles. The second-order valence-electron chi connectivity index (χ2n) is 4.84. The van der Waals surface area contributed by atoms with E-state index in [0.29, 0.717) is 0 Å². The molecule has 0 saturated carbocycles. The Morgan fingerprint density at radius 2 is 2.06 bits per heavy atom. The van der Waals surface area contributed by atoms with Crippen LogP contribution in [0.15, 0.2) is 24.3 Å². The molecule has 4 heteroatoms.